The average molecular weight is 567 g/mol. The van der Waals surface area contributed by atoms with E-state index >= 15 is 0 Å². The van der Waals surface area contributed by atoms with Crippen molar-refractivity contribution in [1.82, 2.24) is 16.2 Å². The molecule has 3 rings (SSSR count). The van der Waals surface area contributed by atoms with Crippen LogP contribution < -0.4 is 20.9 Å². The molecule has 160 valence electrons. The summed E-state index contributed by atoms with van der Waals surface area (Å²) in [5.41, 5.74) is 4.81. The number of amides is 2. The number of carbonyl (C=O) groups excluding carboxylic acids is 2. The maximum Gasteiger partial charge on any atom is 0.276 e. The van der Waals surface area contributed by atoms with Crippen LogP contribution in [0.1, 0.15) is 11.5 Å². The highest BCUT2D eigenvalue weighted by Gasteiger charge is 2.10. The second-order valence-corrected chi connectivity index (χ2v) is 8.42. The van der Waals surface area contributed by atoms with Crippen molar-refractivity contribution in [3.8, 4) is 5.75 Å². The van der Waals surface area contributed by atoms with E-state index in [1.165, 1.54) is 12.2 Å². The quantitative estimate of drug-likeness (QED) is 0.241. The van der Waals surface area contributed by atoms with E-state index < -0.39 is 11.8 Å². The Bertz CT molecular complexity index is 1180. The van der Waals surface area contributed by atoms with Gasteiger partial charge in [-0.1, -0.05) is 28.1 Å². The second-order valence-electron chi connectivity index (χ2n) is 6.31. The maximum absolute atomic E-state index is 12.0. The first-order valence-corrected chi connectivity index (χ1v) is 11.0. The Morgan fingerprint density at radius 1 is 1.13 bits per heavy atom. The van der Waals surface area contributed by atoms with Crippen LogP contribution in [0.4, 0.5) is 0 Å². The molecule has 10 heteroatoms. The van der Waals surface area contributed by atoms with Crippen molar-refractivity contribution in [2.45, 2.75) is 6.92 Å². The zero-order valence-electron chi connectivity index (χ0n) is 16.2. The molecule has 0 aliphatic heterocycles. The van der Waals surface area contributed by atoms with Crippen molar-refractivity contribution < 1.29 is 18.7 Å². The molecule has 31 heavy (non-hydrogen) atoms. The van der Waals surface area contributed by atoms with Crippen molar-refractivity contribution in [2.24, 2.45) is 0 Å². The van der Waals surface area contributed by atoms with Gasteiger partial charge < -0.3 is 9.15 Å². The van der Waals surface area contributed by atoms with Gasteiger partial charge in [-0.05, 0) is 82.3 Å². The summed E-state index contributed by atoms with van der Waals surface area (Å²) in [6.45, 7) is 1.56. The van der Waals surface area contributed by atoms with E-state index in [0.29, 0.717) is 11.5 Å². The number of hydrogen-bond acceptors (Lipinski definition) is 5. The Balaban J connectivity index is 1.44. The largest absolute Gasteiger partial charge is 0.483 e. The van der Waals surface area contributed by atoms with Crippen LogP contribution >= 0.6 is 44.1 Å². The maximum atomic E-state index is 12.0. The number of ether oxygens (including phenoxy) is 1. The predicted molar refractivity (Wildman–Crippen MR) is 129 cm³/mol. The third kappa shape index (κ3) is 6.65. The molecule has 7 nitrogen and oxygen atoms in total. The Kier molecular flexibility index (Phi) is 7.83. The normalized spacial score (nSPS) is 10.8. The van der Waals surface area contributed by atoms with Crippen LogP contribution in [-0.4, -0.2) is 23.5 Å². The molecule has 3 aromatic rings. The fourth-order valence-electron chi connectivity index (χ4n) is 2.55. The van der Waals surface area contributed by atoms with Gasteiger partial charge in [0.05, 0.1) is 4.47 Å². The molecule has 1 aromatic heterocycles. The first-order chi connectivity index (χ1) is 14.8. The van der Waals surface area contributed by atoms with Gasteiger partial charge in [-0.25, -0.2) is 0 Å². The number of furan rings is 1. The Labute approximate surface area is 200 Å². The minimum Gasteiger partial charge on any atom is -0.483 e. The van der Waals surface area contributed by atoms with Crippen LogP contribution in [0.5, 0.6) is 5.75 Å². The smallest absolute Gasteiger partial charge is 0.276 e. The molecule has 0 saturated heterocycles. The summed E-state index contributed by atoms with van der Waals surface area (Å²) < 4.78 is 12.6. The number of benzene rings is 2. The Morgan fingerprint density at radius 3 is 2.68 bits per heavy atom. The molecule has 1 heterocycles. The fraction of sp³-hybridized carbons (Fsp3) is 0.0952. The third-order valence-electron chi connectivity index (χ3n) is 3.95. The number of hydrogen-bond donors (Lipinski definition) is 3. The van der Waals surface area contributed by atoms with Crippen LogP contribution in [0.2, 0.25) is 0 Å². The van der Waals surface area contributed by atoms with Crippen molar-refractivity contribution in [3.05, 3.63) is 69.0 Å². The van der Waals surface area contributed by atoms with E-state index in [0.717, 1.165) is 25.5 Å². The van der Waals surface area contributed by atoms with Gasteiger partial charge in [0, 0.05) is 10.5 Å². The first kappa shape index (κ1) is 23.0. The molecule has 0 bridgehead atoms. The zero-order valence-corrected chi connectivity index (χ0v) is 20.2. The molecule has 3 N–H and O–H groups in total. The van der Waals surface area contributed by atoms with Crippen molar-refractivity contribution in [1.29, 1.82) is 0 Å². The van der Waals surface area contributed by atoms with Gasteiger partial charge in [-0.3, -0.25) is 25.8 Å². The Hall–Kier alpha value is -2.69. The van der Waals surface area contributed by atoms with Crippen LogP contribution in [-0.2, 0) is 9.59 Å². The van der Waals surface area contributed by atoms with Crippen LogP contribution in [0.25, 0.3) is 16.8 Å². The molecule has 0 atom stereocenters. The standard InChI is InChI=1S/C21H17Br2N3O4S/c1-12-2-5-15(30-12)6-9-18(27)24-21(31)26-25-19(28)11-29-17-8-3-13-10-14(22)4-7-16(13)20(17)23/h2-10H,11H2,1H3,(H,25,28)(H2,24,26,27,31)/b9-6+. The summed E-state index contributed by atoms with van der Waals surface area (Å²) in [7, 11) is 0. The lowest BCUT2D eigenvalue weighted by Crippen LogP contribution is -2.49. The van der Waals surface area contributed by atoms with Gasteiger partial charge in [-0.2, -0.15) is 0 Å². The molecule has 0 radical (unpaired) electrons. The van der Waals surface area contributed by atoms with Crippen molar-refractivity contribution in [2.75, 3.05) is 6.61 Å². The lowest BCUT2D eigenvalue weighted by Gasteiger charge is -2.12. The summed E-state index contributed by atoms with van der Waals surface area (Å²) >= 11 is 11.9. The number of hydrazine groups is 1. The summed E-state index contributed by atoms with van der Waals surface area (Å²) in [5, 5.41) is 4.33. The lowest BCUT2D eigenvalue weighted by molar-refractivity contribution is -0.123. The topological polar surface area (TPSA) is 92.6 Å². The number of rotatable bonds is 5. The highest BCUT2D eigenvalue weighted by molar-refractivity contribution is 9.11. The number of halogens is 2. The zero-order chi connectivity index (χ0) is 22.4. The fourth-order valence-corrected chi connectivity index (χ4v) is 3.68. The van der Waals surface area contributed by atoms with Crippen molar-refractivity contribution >= 4 is 77.9 Å². The van der Waals surface area contributed by atoms with Gasteiger partial charge in [0.2, 0.25) is 5.91 Å². The number of carbonyl (C=O) groups is 2. The molecular formula is C21H17Br2N3O4S. The number of fused-ring (bicyclic) bond motifs is 1. The Morgan fingerprint density at radius 2 is 1.94 bits per heavy atom. The molecule has 0 aliphatic carbocycles. The summed E-state index contributed by atoms with van der Waals surface area (Å²) in [5.74, 6) is 0.874. The average Bonchev–Trinajstić information content (AvgIpc) is 3.15. The molecular weight excluding hydrogens is 550 g/mol. The van der Waals surface area contributed by atoms with E-state index in [4.69, 9.17) is 21.4 Å². The van der Waals surface area contributed by atoms with Crippen LogP contribution in [0.3, 0.4) is 0 Å². The monoisotopic (exact) mass is 565 g/mol. The SMILES string of the molecule is Cc1ccc(/C=C/C(=O)NC(=S)NNC(=O)COc2ccc3cc(Br)ccc3c2Br)o1. The number of aryl methyl sites for hydroxylation is 1. The van der Waals surface area contributed by atoms with Gasteiger partial charge in [0.1, 0.15) is 17.3 Å². The van der Waals surface area contributed by atoms with Crippen LogP contribution in [0, 0.1) is 6.92 Å². The summed E-state index contributed by atoms with van der Waals surface area (Å²) in [6, 6.07) is 13.1. The van der Waals surface area contributed by atoms with Gasteiger partial charge >= 0.3 is 0 Å². The summed E-state index contributed by atoms with van der Waals surface area (Å²) in [4.78, 5) is 23.9. The second kappa shape index (κ2) is 10.6. The first-order valence-electron chi connectivity index (χ1n) is 8.97. The molecule has 0 fully saturated rings. The lowest BCUT2D eigenvalue weighted by atomic mass is 10.1. The molecule has 0 aliphatic rings. The highest BCUT2D eigenvalue weighted by atomic mass is 79.9. The van der Waals surface area contributed by atoms with E-state index in [1.54, 1.807) is 25.1 Å². The molecule has 0 unspecified atom stereocenters. The van der Waals surface area contributed by atoms with Gasteiger partial charge in [-0.15, -0.1) is 0 Å². The van der Waals surface area contributed by atoms with E-state index in [1.807, 2.05) is 24.3 Å². The predicted octanol–water partition coefficient (Wildman–Crippen LogP) is 4.38. The molecule has 0 saturated carbocycles. The minimum absolute atomic E-state index is 0.0592. The molecule has 2 amide bonds. The van der Waals surface area contributed by atoms with Gasteiger partial charge in [0.25, 0.3) is 5.91 Å². The van der Waals surface area contributed by atoms with Crippen LogP contribution in [0.15, 0.2) is 61.9 Å². The summed E-state index contributed by atoms with van der Waals surface area (Å²) in [6.07, 6.45) is 2.78. The third-order valence-corrected chi connectivity index (χ3v) is 5.47. The van der Waals surface area contributed by atoms with E-state index in [9.17, 15) is 9.59 Å². The van der Waals surface area contributed by atoms with E-state index in [2.05, 4.69) is 48.0 Å². The van der Waals surface area contributed by atoms with Crippen molar-refractivity contribution in [3.63, 3.8) is 0 Å². The van der Waals surface area contributed by atoms with E-state index in [-0.39, 0.29) is 11.7 Å². The number of thiocarbonyl (C=S) groups is 1. The molecule has 2 aromatic carbocycles. The van der Waals surface area contributed by atoms with Gasteiger partial charge in [0.15, 0.2) is 11.7 Å². The minimum atomic E-state index is -0.471. The number of nitrogens with one attached hydrogen (secondary N) is 3. The highest BCUT2D eigenvalue weighted by Crippen LogP contribution is 2.34. The molecule has 0 spiro atoms.